The van der Waals surface area contributed by atoms with Gasteiger partial charge in [-0.05, 0) is 39.3 Å². The van der Waals surface area contributed by atoms with Crippen LogP contribution in [-0.2, 0) is 10.3 Å². The topological polar surface area (TPSA) is 54.5 Å². The van der Waals surface area contributed by atoms with Gasteiger partial charge in [-0.15, -0.1) is 11.3 Å². The number of aryl methyl sites for hydroxylation is 1. The molecule has 1 N–H and O–H groups in total. The molecule has 0 saturated carbocycles. The molecule has 3 rings (SSSR count). The number of hydrogen-bond donors (Lipinski definition) is 1. The van der Waals surface area contributed by atoms with Crippen molar-refractivity contribution in [3.63, 3.8) is 0 Å². The van der Waals surface area contributed by atoms with Gasteiger partial charge in [0.15, 0.2) is 0 Å². The predicted molar refractivity (Wildman–Crippen MR) is 96.8 cm³/mol. The Morgan fingerprint density at radius 3 is 2.79 bits per heavy atom. The summed E-state index contributed by atoms with van der Waals surface area (Å²) in [7, 11) is 1.63. The zero-order chi connectivity index (χ0) is 17.3. The van der Waals surface area contributed by atoms with Crippen LogP contribution >= 0.6 is 11.3 Å². The fourth-order valence-electron chi connectivity index (χ4n) is 3.04. The highest BCUT2D eigenvalue weighted by Gasteiger charge is 2.38. The van der Waals surface area contributed by atoms with Crippen molar-refractivity contribution in [2.75, 3.05) is 18.6 Å². The van der Waals surface area contributed by atoms with Gasteiger partial charge in [-0.25, -0.2) is 4.98 Å². The zero-order valence-corrected chi connectivity index (χ0v) is 15.3. The van der Waals surface area contributed by atoms with Crippen LogP contribution in [0.5, 0.6) is 5.75 Å². The second kappa shape index (κ2) is 6.53. The van der Waals surface area contributed by atoms with E-state index in [1.54, 1.807) is 23.3 Å². The van der Waals surface area contributed by atoms with Crippen LogP contribution in [0.1, 0.15) is 31.0 Å². The number of benzene rings is 1. The lowest BCUT2D eigenvalue weighted by Crippen LogP contribution is -2.47. The highest BCUT2D eigenvalue weighted by atomic mass is 32.1. The van der Waals surface area contributed by atoms with Gasteiger partial charge in [0.25, 0.3) is 0 Å². The molecule has 1 fully saturated rings. The fourth-order valence-corrected chi connectivity index (χ4v) is 3.93. The maximum atomic E-state index is 12.9. The molecule has 1 aliphatic heterocycles. The molecule has 0 radical (unpaired) electrons. The molecule has 24 heavy (non-hydrogen) atoms. The molecule has 0 aliphatic carbocycles. The minimum Gasteiger partial charge on any atom is -0.495 e. The third kappa shape index (κ3) is 3.16. The van der Waals surface area contributed by atoms with Crippen molar-refractivity contribution in [1.82, 2.24) is 10.3 Å². The first kappa shape index (κ1) is 16.9. The van der Waals surface area contributed by atoms with E-state index in [0.717, 1.165) is 28.6 Å². The Bertz CT molecular complexity index is 741. The lowest BCUT2D eigenvalue weighted by atomic mass is 10.0. The van der Waals surface area contributed by atoms with E-state index in [-0.39, 0.29) is 17.5 Å². The Morgan fingerprint density at radius 1 is 1.38 bits per heavy atom. The number of carbonyl (C=O) groups excluding carboxylic acids is 1. The van der Waals surface area contributed by atoms with Crippen molar-refractivity contribution >= 4 is 22.9 Å². The Morgan fingerprint density at radius 2 is 2.12 bits per heavy atom. The largest absolute Gasteiger partial charge is 0.495 e. The van der Waals surface area contributed by atoms with Crippen molar-refractivity contribution in [2.24, 2.45) is 0 Å². The average molecular weight is 345 g/mol. The number of nitrogens with one attached hydrogen (secondary N) is 1. The maximum absolute atomic E-state index is 12.9. The molecule has 1 aromatic carbocycles. The van der Waals surface area contributed by atoms with Gasteiger partial charge >= 0.3 is 0 Å². The number of thiazole rings is 1. The van der Waals surface area contributed by atoms with E-state index in [4.69, 9.17) is 4.74 Å². The Balaban J connectivity index is 1.77. The Labute approximate surface area is 146 Å². The second-order valence-electron chi connectivity index (χ2n) is 6.57. The predicted octanol–water partition coefficient (Wildman–Crippen LogP) is 3.09. The quantitative estimate of drug-likeness (QED) is 0.905. The summed E-state index contributed by atoms with van der Waals surface area (Å²) >= 11 is 1.63. The molecule has 6 heteroatoms. The lowest BCUT2D eigenvalue weighted by Gasteiger charge is -2.27. The number of aromatic nitrogens is 1. The summed E-state index contributed by atoms with van der Waals surface area (Å²) in [6.07, 6.45) is 0.769. The van der Waals surface area contributed by atoms with Crippen LogP contribution < -0.4 is 15.0 Å². The van der Waals surface area contributed by atoms with E-state index >= 15 is 0 Å². The van der Waals surface area contributed by atoms with Crippen molar-refractivity contribution in [2.45, 2.75) is 38.8 Å². The molecule has 2 aromatic rings. The van der Waals surface area contributed by atoms with Gasteiger partial charge in [-0.2, -0.15) is 0 Å². The van der Waals surface area contributed by atoms with Crippen molar-refractivity contribution in [1.29, 1.82) is 0 Å². The van der Waals surface area contributed by atoms with Gasteiger partial charge in [0.1, 0.15) is 10.8 Å². The van der Waals surface area contributed by atoms with Crippen LogP contribution in [0.15, 0.2) is 29.6 Å². The van der Waals surface area contributed by atoms with Gasteiger partial charge in [0.2, 0.25) is 5.91 Å². The lowest BCUT2D eigenvalue weighted by molar-refractivity contribution is -0.119. The van der Waals surface area contributed by atoms with E-state index in [2.05, 4.69) is 24.1 Å². The minimum atomic E-state index is -0.337. The summed E-state index contributed by atoms with van der Waals surface area (Å²) in [5, 5.41) is 6.53. The third-order valence-electron chi connectivity index (χ3n) is 4.27. The number of carbonyl (C=O) groups is 1. The SMILES string of the molecule is COc1ccccc1N1CCC(NC(C)(C)c2nc(C)cs2)C1=O. The maximum Gasteiger partial charge on any atom is 0.244 e. The standard InChI is InChI=1S/C18H23N3O2S/c1-12-11-24-17(19-12)18(2,3)20-13-9-10-21(16(13)22)14-7-5-6-8-15(14)23-4/h5-8,11,13,20H,9-10H2,1-4H3. The molecule has 2 heterocycles. The molecule has 1 aromatic heterocycles. The molecular formula is C18H23N3O2S. The van der Waals surface area contributed by atoms with Crippen LogP contribution in [0.3, 0.4) is 0 Å². The van der Waals surface area contributed by atoms with E-state index in [1.165, 1.54) is 0 Å². The van der Waals surface area contributed by atoms with E-state index < -0.39 is 0 Å². The molecule has 1 amide bonds. The minimum absolute atomic E-state index is 0.0841. The third-order valence-corrected chi connectivity index (χ3v) is 5.55. The van der Waals surface area contributed by atoms with Gasteiger partial charge in [-0.1, -0.05) is 12.1 Å². The second-order valence-corrected chi connectivity index (χ2v) is 7.42. The van der Waals surface area contributed by atoms with Crippen LogP contribution in [0.2, 0.25) is 0 Å². The van der Waals surface area contributed by atoms with Crippen LogP contribution in [0, 0.1) is 6.92 Å². The first-order valence-corrected chi connectivity index (χ1v) is 8.95. The molecule has 1 unspecified atom stereocenters. The van der Waals surface area contributed by atoms with Crippen molar-refractivity contribution in [3.8, 4) is 5.75 Å². The molecule has 0 bridgehead atoms. The monoisotopic (exact) mass is 345 g/mol. The van der Waals surface area contributed by atoms with Gasteiger partial charge < -0.3 is 9.64 Å². The summed E-state index contributed by atoms with van der Waals surface area (Å²) in [5.41, 5.74) is 1.51. The summed E-state index contributed by atoms with van der Waals surface area (Å²) in [6, 6.07) is 7.43. The number of hydrogen-bond acceptors (Lipinski definition) is 5. The normalized spacial score (nSPS) is 18.2. The van der Waals surface area contributed by atoms with E-state index in [1.807, 2.05) is 36.6 Å². The van der Waals surface area contributed by atoms with Crippen LogP contribution in [0.25, 0.3) is 0 Å². The fraction of sp³-hybridized carbons (Fsp3) is 0.444. The first-order valence-electron chi connectivity index (χ1n) is 8.07. The van der Waals surface area contributed by atoms with Gasteiger partial charge in [-0.3, -0.25) is 10.1 Å². The Hall–Kier alpha value is -1.92. The smallest absolute Gasteiger partial charge is 0.244 e. The first-order chi connectivity index (χ1) is 11.4. The van der Waals surface area contributed by atoms with Crippen LogP contribution in [0.4, 0.5) is 5.69 Å². The summed E-state index contributed by atoms with van der Waals surface area (Å²) in [4.78, 5) is 19.2. The van der Waals surface area contributed by atoms with Gasteiger partial charge in [0, 0.05) is 17.6 Å². The van der Waals surface area contributed by atoms with Gasteiger partial charge in [0.05, 0.1) is 24.4 Å². The number of para-hydroxylation sites is 2. The number of nitrogens with zero attached hydrogens (tertiary/aromatic N) is 2. The number of amides is 1. The highest BCUT2D eigenvalue weighted by Crippen LogP contribution is 2.32. The van der Waals surface area contributed by atoms with Crippen molar-refractivity contribution in [3.05, 3.63) is 40.3 Å². The highest BCUT2D eigenvalue weighted by molar-refractivity contribution is 7.09. The summed E-state index contributed by atoms with van der Waals surface area (Å²) < 4.78 is 5.39. The summed E-state index contributed by atoms with van der Waals surface area (Å²) in [5.74, 6) is 0.808. The Kier molecular flexibility index (Phi) is 4.60. The number of ether oxygens (including phenoxy) is 1. The molecule has 5 nitrogen and oxygen atoms in total. The number of methoxy groups -OCH3 is 1. The summed E-state index contributed by atoms with van der Waals surface area (Å²) in [6.45, 7) is 6.82. The molecule has 128 valence electrons. The zero-order valence-electron chi connectivity index (χ0n) is 14.5. The molecule has 1 saturated heterocycles. The van der Waals surface area contributed by atoms with E-state index in [9.17, 15) is 4.79 Å². The molecular weight excluding hydrogens is 322 g/mol. The number of anilines is 1. The average Bonchev–Trinajstić information content (AvgIpc) is 3.15. The molecule has 1 aliphatic rings. The molecule has 1 atom stereocenters. The van der Waals surface area contributed by atoms with Crippen molar-refractivity contribution < 1.29 is 9.53 Å². The number of rotatable bonds is 5. The van der Waals surface area contributed by atoms with Crippen LogP contribution in [-0.4, -0.2) is 30.6 Å². The molecule has 0 spiro atoms. The van der Waals surface area contributed by atoms with E-state index in [0.29, 0.717) is 6.54 Å².